The highest BCUT2D eigenvalue weighted by Gasteiger charge is 2.35. The number of nitrogens with one attached hydrogen (secondary N) is 1. The highest BCUT2D eigenvalue weighted by molar-refractivity contribution is 6.21. The number of carbonyl (C=O) groups excluding carboxylic acids is 4. The molecule has 3 rings (SSSR count). The van der Waals surface area contributed by atoms with Gasteiger partial charge >= 0.3 is 0 Å². The number of benzene rings is 1. The highest BCUT2D eigenvalue weighted by atomic mass is 16.2. The molecule has 1 aromatic carbocycles. The molecule has 8 heteroatoms. The summed E-state index contributed by atoms with van der Waals surface area (Å²) in [7, 11) is 0. The number of fused-ring (bicyclic) bond motifs is 1. The lowest BCUT2D eigenvalue weighted by Gasteiger charge is -2.31. The SMILES string of the molecule is N#CCC(=O)N1CCC(CNC(=O)CCN2C(=O)c3ccccc3C2=O)CC1. The average molecular weight is 382 g/mol. The van der Waals surface area contributed by atoms with E-state index >= 15 is 0 Å². The Kier molecular flexibility index (Phi) is 6.04. The minimum absolute atomic E-state index is 0.0548. The first kappa shape index (κ1) is 19.5. The molecule has 28 heavy (non-hydrogen) atoms. The van der Waals surface area contributed by atoms with Crippen LogP contribution < -0.4 is 5.32 Å². The van der Waals surface area contributed by atoms with Crippen molar-refractivity contribution >= 4 is 23.6 Å². The molecule has 1 N–H and O–H groups in total. The number of nitrogens with zero attached hydrogens (tertiary/aromatic N) is 3. The third-order valence-corrected chi connectivity index (χ3v) is 5.23. The van der Waals surface area contributed by atoms with Gasteiger partial charge in [-0.3, -0.25) is 24.1 Å². The topological polar surface area (TPSA) is 111 Å². The van der Waals surface area contributed by atoms with Gasteiger partial charge in [-0.25, -0.2) is 0 Å². The molecule has 0 unspecified atom stereocenters. The molecular formula is C20H22N4O4. The molecule has 0 aliphatic carbocycles. The van der Waals surface area contributed by atoms with Crippen LogP contribution in [0.5, 0.6) is 0 Å². The molecule has 1 aromatic rings. The normalized spacial score (nSPS) is 16.7. The summed E-state index contributed by atoms with van der Waals surface area (Å²) in [5.74, 6) is -0.800. The van der Waals surface area contributed by atoms with Gasteiger partial charge in [-0.2, -0.15) is 5.26 Å². The van der Waals surface area contributed by atoms with Crippen LogP contribution in [0.15, 0.2) is 24.3 Å². The van der Waals surface area contributed by atoms with Crippen LogP contribution in [-0.2, 0) is 9.59 Å². The molecule has 0 bridgehead atoms. The number of hydrogen-bond acceptors (Lipinski definition) is 5. The second-order valence-electron chi connectivity index (χ2n) is 7.02. The molecule has 0 saturated carbocycles. The summed E-state index contributed by atoms with van der Waals surface area (Å²) in [6.45, 7) is 1.74. The number of hydrogen-bond donors (Lipinski definition) is 1. The zero-order chi connectivity index (χ0) is 20.1. The molecule has 2 heterocycles. The molecule has 8 nitrogen and oxygen atoms in total. The van der Waals surface area contributed by atoms with Gasteiger partial charge in [-0.15, -0.1) is 0 Å². The van der Waals surface area contributed by atoms with Crippen molar-refractivity contribution in [3.63, 3.8) is 0 Å². The van der Waals surface area contributed by atoms with Crippen molar-refractivity contribution in [1.29, 1.82) is 5.26 Å². The van der Waals surface area contributed by atoms with E-state index in [1.807, 2.05) is 6.07 Å². The van der Waals surface area contributed by atoms with E-state index < -0.39 is 0 Å². The molecule has 0 radical (unpaired) electrons. The third-order valence-electron chi connectivity index (χ3n) is 5.23. The quantitative estimate of drug-likeness (QED) is 0.736. The summed E-state index contributed by atoms with van der Waals surface area (Å²) < 4.78 is 0. The lowest BCUT2D eigenvalue weighted by molar-refractivity contribution is -0.131. The first-order valence-corrected chi connectivity index (χ1v) is 9.38. The molecule has 0 aromatic heterocycles. The number of imide groups is 1. The van der Waals surface area contributed by atoms with Gasteiger partial charge in [0.05, 0.1) is 17.2 Å². The van der Waals surface area contributed by atoms with Gasteiger partial charge in [0.25, 0.3) is 11.8 Å². The van der Waals surface area contributed by atoms with Crippen LogP contribution >= 0.6 is 0 Å². The Morgan fingerprint density at radius 3 is 2.29 bits per heavy atom. The summed E-state index contributed by atoms with van der Waals surface area (Å²) in [5.41, 5.74) is 0.760. The van der Waals surface area contributed by atoms with Crippen LogP contribution in [0, 0.1) is 17.2 Å². The molecule has 4 amide bonds. The Labute approximate surface area is 163 Å². The Morgan fingerprint density at radius 1 is 1.11 bits per heavy atom. The van der Waals surface area contributed by atoms with E-state index in [9.17, 15) is 19.2 Å². The molecule has 2 aliphatic rings. The third kappa shape index (κ3) is 4.19. The number of nitriles is 1. The maximum Gasteiger partial charge on any atom is 0.261 e. The molecule has 146 valence electrons. The Hall–Kier alpha value is -3.21. The van der Waals surface area contributed by atoms with Gasteiger partial charge in [-0.1, -0.05) is 12.1 Å². The maximum absolute atomic E-state index is 12.3. The van der Waals surface area contributed by atoms with Gasteiger partial charge in [0, 0.05) is 32.6 Å². The van der Waals surface area contributed by atoms with Gasteiger partial charge in [0.1, 0.15) is 6.42 Å². The van der Waals surface area contributed by atoms with Crippen molar-refractivity contribution in [3.05, 3.63) is 35.4 Å². The van der Waals surface area contributed by atoms with Crippen LogP contribution in [0.2, 0.25) is 0 Å². The fourth-order valence-corrected chi connectivity index (χ4v) is 3.57. The smallest absolute Gasteiger partial charge is 0.261 e. The minimum atomic E-state index is -0.359. The van der Waals surface area contributed by atoms with Crippen molar-refractivity contribution in [2.45, 2.75) is 25.7 Å². The first-order chi connectivity index (χ1) is 13.5. The van der Waals surface area contributed by atoms with E-state index in [0.717, 1.165) is 17.7 Å². The van der Waals surface area contributed by atoms with E-state index in [1.54, 1.807) is 29.2 Å². The number of amides is 4. The predicted molar refractivity (Wildman–Crippen MR) is 99.0 cm³/mol. The van der Waals surface area contributed by atoms with E-state index in [4.69, 9.17) is 5.26 Å². The molecule has 0 atom stereocenters. The first-order valence-electron chi connectivity index (χ1n) is 9.38. The van der Waals surface area contributed by atoms with Gasteiger partial charge in [0.15, 0.2) is 0 Å². The second kappa shape index (κ2) is 8.65. The zero-order valence-electron chi connectivity index (χ0n) is 15.5. The number of carbonyl (C=O) groups is 4. The van der Waals surface area contributed by atoms with Crippen molar-refractivity contribution in [1.82, 2.24) is 15.1 Å². The largest absolute Gasteiger partial charge is 0.356 e. The molecule has 1 saturated heterocycles. The minimum Gasteiger partial charge on any atom is -0.356 e. The van der Waals surface area contributed by atoms with Gasteiger partial charge in [0.2, 0.25) is 11.8 Å². The molecule has 1 fully saturated rings. The Bertz CT molecular complexity index is 802. The van der Waals surface area contributed by atoms with Crippen molar-refractivity contribution in [2.24, 2.45) is 5.92 Å². The van der Waals surface area contributed by atoms with Crippen LogP contribution in [0.25, 0.3) is 0 Å². The molecule has 0 spiro atoms. The summed E-state index contributed by atoms with van der Waals surface area (Å²) in [4.78, 5) is 51.2. The standard InChI is InChI=1S/C20H22N4O4/c21-9-5-18(26)23-10-6-14(7-11-23)13-22-17(25)8-12-24-19(27)15-3-1-2-4-16(15)20(24)28/h1-4,14H,5-8,10-13H2,(H,22,25). The van der Waals surface area contributed by atoms with E-state index in [-0.39, 0.29) is 48.9 Å². The second-order valence-corrected chi connectivity index (χ2v) is 7.02. The van der Waals surface area contributed by atoms with E-state index in [1.165, 1.54) is 0 Å². The number of rotatable bonds is 6. The predicted octanol–water partition coefficient (Wildman–Crippen LogP) is 0.941. The summed E-state index contributed by atoms with van der Waals surface area (Å²) in [6, 6.07) is 8.51. The Balaban J connectivity index is 1.39. The lowest BCUT2D eigenvalue weighted by atomic mass is 9.96. The van der Waals surface area contributed by atoms with Crippen molar-refractivity contribution in [3.8, 4) is 6.07 Å². The van der Waals surface area contributed by atoms with Crippen LogP contribution in [0.3, 0.4) is 0 Å². The fourth-order valence-electron chi connectivity index (χ4n) is 3.57. The van der Waals surface area contributed by atoms with Crippen LogP contribution in [0.1, 0.15) is 46.4 Å². The number of piperidine rings is 1. The molecular weight excluding hydrogens is 360 g/mol. The van der Waals surface area contributed by atoms with Crippen molar-refractivity contribution in [2.75, 3.05) is 26.2 Å². The average Bonchev–Trinajstić information content (AvgIpc) is 2.96. The van der Waals surface area contributed by atoms with E-state index in [0.29, 0.717) is 30.8 Å². The van der Waals surface area contributed by atoms with Crippen molar-refractivity contribution < 1.29 is 19.2 Å². The summed E-state index contributed by atoms with van der Waals surface area (Å²) in [6.07, 6.45) is 1.51. The van der Waals surface area contributed by atoms with Crippen LogP contribution in [0.4, 0.5) is 0 Å². The van der Waals surface area contributed by atoms with Gasteiger partial charge in [-0.05, 0) is 30.9 Å². The zero-order valence-corrected chi connectivity index (χ0v) is 15.5. The van der Waals surface area contributed by atoms with Crippen LogP contribution in [-0.4, -0.2) is 59.6 Å². The Morgan fingerprint density at radius 2 is 1.71 bits per heavy atom. The fraction of sp³-hybridized carbons (Fsp3) is 0.450. The summed E-state index contributed by atoms with van der Waals surface area (Å²) in [5, 5.41) is 11.4. The number of likely N-dealkylation sites (tertiary alicyclic amines) is 1. The highest BCUT2D eigenvalue weighted by Crippen LogP contribution is 2.22. The lowest BCUT2D eigenvalue weighted by Crippen LogP contribution is -2.42. The van der Waals surface area contributed by atoms with E-state index in [2.05, 4.69) is 5.32 Å². The maximum atomic E-state index is 12.3. The van der Waals surface area contributed by atoms with Gasteiger partial charge < -0.3 is 10.2 Å². The molecule has 2 aliphatic heterocycles. The summed E-state index contributed by atoms with van der Waals surface area (Å²) >= 11 is 0. The monoisotopic (exact) mass is 382 g/mol.